The minimum Gasteiger partial charge on any atom is -0.495 e. The number of aromatic nitrogens is 3. The fourth-order valence-corrected chi connectivity index (χ4v) is 3.24. The number of anilines is 2. The third kappa shape index (κ3) is 4.35. The van der Waals surface area contributed by atoms with Crippen LogP contribution in [0.15, 0.2) is 41.2 Å². The highest BCUT2D eigenvalue weighted by molar-refractivity contribution is 5.97. The second kappa shape index (κ2) is 9.25. The standard InChI is InChI=1S/C21H25N5O4/c1-4-25-15-10-11-17(24-20(15)26(5-2)21(25)29)23-19(28)13-12-18(27)22-14-8-6-7-9-16(14)30-3/h6-11H,4-5,12-13H2,1-3H3,(H,22,27)(H,23,24,28). The van der Waals surface area contributed by atoms with Crippen LogP contribution in [0.4, 0.5) is 11.5 Å². The second-order valence-electron chi connectivity index (χ2n) is 6.61. The molecule has 3 aromatic rings. The summed E-state index contributed by atoms with van der Waals surface area (Å²) in [4.78, 5) is 41.3. The lowest BCUT2D eigenvalue weighted by molar-refractivity contribution is -0.121. The lowest BCUT2D eigenvalue weighted by Crippen LogP contribution is -2.23. The van der Waals surface area contributed by atoms with Crippen LogP contribution in [0, 0.1) is 0 Å². The summed E-state index contributed by atoms with van der Waals surface area (Å²) in [7, 11) is 1.52. The Labute approximate surface area is 173 Å². The first-order valence-corrected chi connectivity index (χ1v) is 9.81. The molecule has 9 nitrogen and oxygen atoms in total. The van der Waals surface area contributed by atoms with E-state index in [-0.39, 0.29) is 30.3 Å². The number of methoxy groups -OCH3 is 1. The molecule has 0 unspecified atom stereocenters. The Kier molecular flexibility index (Phi) is 6.51. The van der Waals surface area contributed by atoms with Gasteiger partial charge in [-0.05, 0) is 38.1 Å². The van der Waals surface area contributed by atoms with E-state index >= 15 is 0 Å². The van der Waals surface area contributed by atoms with Crippen LogP contribution >= 0.6 is 0 Å². The van der Waals surface area contributed by atoms with Crippen LogP contribution in [-0.2, 0) is 22.7 Å². The van der Waals surface area contributed by atoms with E-state index in [1.54, 1.807) is 45.5 Å². The lowest BCUT2D eigenvalue weighted by Gasteiger charge is -2.10. The maximum Gasteiger partial charge on any atom is 0.330 e. The van der Waals surface area contributed by atoms with Crippen LogP contribution in [-0.4, -0.2) is 33.0 Å². The second-order valence-corrected chi connectivity index (χ2v) is 6.61. The van der Waals surface area contributed by atoms with Gasteiger partial charge in [-0.3, -0.25) is 18.7 Å². The Bertz CT molecular complexity index is 1130. The van der Waals surface area contributed by atoms with E-state index in [1.165, 1.54) is 7.11 Å². The van der Waals surface area contributed by atoms with Crippen LogP contribution < -0.4 is 21.1 Å². The molecule has 0 spiro atoms. The monoisotopic (exact) mass is 411 g/mol. The third-order valence-electron chi connectivity index (χ3n) is 4.72. The predicted octanol–water partition coefficient (Wildman–Crippen LogP) is 2.60. The lowest BCUT2D eigenvalue weighted by atomic mass is 10.2. The molecule has 0 aliphatic carbocycles. The number of pyridine rings is 1. The highest BCUT2D eigenvalue weighted by atomic mass is 16.5. The summed E-state index contributed by atoms with van der Waals surface area (Å²) in [6.07, 6.45) is 0.00919. The van der Waals surface area contributed by atoms with Crippen LogP contribution in [0.1, 0.15) is 26.7 Å². The average Bonchev–Trinajstić information content (AvgIpc) is 3.02. The van der Waals surface area contributed by atoms with Crippen molar-refractivity contribution in [1.29, 1.82) is 0 Å². The number of aryl methyl sites for hydroxylation is 2. The fraction of sp³-hybridized carbons (Fsp3) is 0.333. The van der Waals surface area contributed by atoms with Crippen LogP contribution in [0.3, 0.4) is 0 Å². The molecule has 1 aromatic carbocycles. The molecular weight excluding hydrogens is 386 g/mol. The zero-order valence-corrected chi connectivity index (χ0v) is 17.3. The van der Waals surface area contributed by atoms with Gasteiger partial charge in [0.2, 0.25) is 11.8 Å². The number of fused-ring (bicyclic) bond motifs is 1. The molecule has 0 saturated carbocycles. The summed E-state index contributed by atoms with van der Waals surface area (Å²) >= 11 is 0. The van der Waals surface area contributed by atoms with Gasteiger partial charge in [-0.15, -0.1) is 0 Å². The number of para-hydroxylation sites is 2. The molecule has 0 saturated heterocycles. The predicted molar refractivity (Wildman–Crippen MR) is 115 cm³/mol. The van der Waals surface area contributed by atoms with Crippen molar-refractivity contribution >= 4 is 34.5 Å². The van der Waals surface area contributed by atoms with Gasteiger partial charge in [-0.25, -0.2) is 9.78 Å². The minimum atomic E-state index is -0.336. The summed E-state index contributed by atoms with van der Waals surface area (Å²) in [5, 5.41) is 5.43. The first-order chi connectivity index (χ1) is 14.5. The summed E-state index contributed by atoms with van der Waals surface area (Å²) in [5.41, 5.74) is 1.67. The molecule has 0 fully saturated rings. The van der Waals surface area contributed by atoms with E-state index in [1.807, 2.05) is 13.8 Å². The number of nitrogens with one attached hydrogen (secondary N) is 2. The number of nitrogens with zero attached hydrogens (tertiary/aromatic N) is 3. The Morgan fingerprint density at radius 3 is 2.30 bits per heavy atom. The number of ether oxygens (including phenoxy) is 1. The zero-order valence-electron chi connectivity index (χ0n) is 17.3. The van der Waals surface area contributed by atoms with Crippen LogP contribution in [0.25, 0.3) is 11.2 Å². The van der Waals surface area contributed by atoms with Gasteiger partial charge < -0.3 is 15.4 Å². The molecule has 0 bridgehead atoms. The van der Waals surface area contributed by atoms with E-state index < -0.39 is 0 Å². The Morgan fingerprint density at radius 1 is 0.967 bits per heavy atom. The number of carbonyl (C=O) groups is 2. The molecule has 2 aromatic heterocycles. The minimum absolute atomic E-state index is 0.00272. The summed E-state index contributed by atoms with van der Waals surface area (Å²) in [6, 6.07) is 10.5. The molecule has 2 amide bonds. The van der Waals surface area contributed by atoms with Gasteiger partial charge in [-0.2, -0.15) is 0 Å². The molecule has 158 valence electrons. The Hall–Kier alpha value is -3.62. The van der Waals surface area contributed by atoms with Crippen molar-refractivity contribution in [2.45, 2.75) is 39.8 Å². The van der Waals surface area contributed by atoms with Crippen molar-refractivity contribution in [2.75, 3.05) is 17.7 Å². The van der Waals surface area contributed by atoms with Gasteiger partial charge in [0.1, 0.15) is 11.6 Å². The van der Waals surface area contributed by atoms with Gasteiger partial charge in [0, 0.05) is 25.9 Å². The highest BCUT2D eigenvalue weighted by Crippen LogP contribution is 2.23. The van der Waals surface area contributed by atoms with Crippen molar-refractivity contribution < 1.29 is 14.3 Å². The third-order valence-corrected chi connectivity index (χ3v) is 4.72. The quantitative estimate of drug-likeness (QED) is 0.592. The topological polar surface area (TPSA) is 107 Å². The normalized spacial score (nSPS) is 10.8. The molecule has 2 heterocycles. The van der Waals surface area contributed by atoms with Gasteiger partial charge in [-0.1, -0.05) is 12.1 Å². The number of amides is 2. The number of hydrogen-bond donors (Lipinski definition) is 2. The van der Waals surface area contributed by atoms with Gasteiger partial charge in [0.15, 0.2) is 5.65 Å². The maximum atomic E-state index is 12.4. The number of hydrogen-bond acceptors (Lipinski definition) is 5. The molecule has 0 aliphatic rings. The molecule has 0 radical (unpaired) electrons. The van der Waals surface area contributed by atoms with Gasteiger partial charge >= 0.3 is 5.69 Å². The van der Waals surface area contributed by atoms with E-state index in [4.69, 9.17) is 4.74 Å². The zero-order chi connectivity index (χ0) is 21.7. The van der Waals surface area contributed by atoms with Gasteiger partial charge in [0.05, 0.1) is 18.3 Å². The number of benzene rings is 1. The van der Waals surface area contributed by atoms with Crippen LogP contribution in [0.2, 0.25) is 0 Å². The first kappa shape index (κ1) is 21.1. The van der Waals surface area contributed by atoms with Crippen molar-refractivity contribution in [2.24, 2.45) is 0 Å². The largest absolute Gasteiger partial charge is 0.495 e. The summed E-state index contributed by atoms with van der Waals surface area (Å²) in [5.74, 6) is 0.261. The molecule has 3 rings (SSSR count). The van der Waals surface area contributed by atoms with E-state index in [9.17, 15) is 14.4 Å². The van der Waals surface area contributed by atoms with Gasteiger partial charge in [0.25, 0.3) is 0 Å². The molecule has 0 atom stereocenters. The Balaban J connectivity index is 1.64. The number of carbonyl (C=O) groups excluding carboxylic acids is 2. The van der Waals surface area contributed by atoms with Crippen molar-refractivity contribution in [1.82, 2.24) is 14.1 Å². The van der Waals surface area contributed by atoms with E-state index in [2.05, 4.69) is 15.6 Å². The first-order valence-electron chi connectivity index (χ1n) is 9.81. The van der Waals surface area contributed by atoms with E-state index in [0.717, 1.165) is 5.52 Å². The highest BCUT2D eigenvalue weighted by Gasteiger charge is 2.14. The summed E-state index contributed by atoms with van der Waals surface area (Å²) in [6.45, 7) is 4.79. The van der Waals surface area contributed by atoms with Crippen molar-refractivity contribution in [3.05, 3.63) is 46.9 Å². The molecule has 0 aliphatic heterocycles. The molecule has 9 heteroatoms. The summed E-state index contributed by atoms with van der Waals surface area (Å²) < 4.78 is 8.40. The van der Waals surface area contributed by atoms with E-state index in [0.29, 0.717) is 36.0 Å². The maximum absolute atomic E-state index is 12.4. The number of rotatable bonds is 8. The number of imidazole rings is 1. The average molecular weight is 411 g/mol. The van der Waals surface area contributed by atoms with Crippen molar-refractivity contribution in [3.8, 4) is 5.75 Å². The molecular formula is C21H25N5O4. The SMILES string of the molecule is CCn1c(=O)n(CC)c2nc(NC(=O)CCC(=O)Nc3ccccc3OC)ccc21. The van der Waals surface area contributed by atoms with Crippen molar-refractivity contribution in [3.63, 3.8) is 0 Å². The van der Waals surface area contributed by atoms with Crippen LogP contribution in [0.5, 0.6) is 5.75 Å². The fourth-order valence-electron chi connectivity index (χ4n) is 3.24. The smallest absolute Gasteiger partial charge is 0.330 e. The Morgan fingerprint density at radius 2 is 1.63 bits per heavy atom. The molecule has 2 N–H and O–H groups in total. The molecule has 30 heavy (non-hydrogen) atoms.